The molecule has 0 bridgehead atoms. The first-order chi connectivity index (χ1) is 24.3. The van der Waals surface area contributed by atoms with Crippen molar-refractivity contribution in [1.29, 1.82) is 0 Å². The van der Waals surface area contributed by atoms with Gasteiger partial charge in [0.15, 0.2) is 18.4 Å². The van der Waals surface area contributed by atoms with E-state index in [2.05, 4.69) is 26.8 Å². The Morgan fingerprint density at radius 3 is 2.39 bits per heavy atom. The van der Waals surface area contributed by atoms with Gasteiger partial charge < -0.3 is 64.2 Å². The fraction of sp³-hybridized carbons (Fsp3) is 0.947. The summed E-state index contributed by atoms with van der Waals surface area (Å²) < 4.78 is 36.5. The van der Waals surface area contributed by atoms with Crippen molar-refractivity contribution in [3.8, 4) is 0 Å². The minimum absolute atomic E-state index is 0.0540. The minimum Gasteiger partial charge on any atom is -0.396 e. The van der Waals surface area contributed by atoms with Crippen molar-refractivity contribution in [2.24, 2.45) is 46.3 Å². The van der Waals surface area contributed by atoms with Gasteiger partial charge >= 0.3 is 0 Å². The SMILES string of the molecule is CC1C2C(CC3C4CC=C5CC(OC6OC(COC7OCC(O)C(O)C7O)C(O)C(O)C6O)CCC5(C)C4CCC32C)OC12CCC(CO)CO2. The highest BCUT2D eigenvalue weighted by molar-refractivity contribution is 5.26. The number of aliphatic hydroxyl groups excluding tert-OH is 7. The Balaban J connectivity index is 0.905. The number of aliphatic hydroxyl groups is 7. The van der Waals surface area contributed by atoms with Crippen LogP contribution < -0.4 is 0 Å². The van der Waals surface area contributed by atoms with E-state index in [0.717, 1.165) is 38.5 Å². The summed E-state index contributed by atoms with van der Waals surface area (Å²) in [5.74, 6) is 2.25. The molecule has 20 unspecified atom stereocenters. The third kappa shape index (κ3) is 6.00. The maximum atomic E-state index is 10.8. The standard InChI is InChI=1S/C38H60O13/c1-18-28-26(51-38(18)11-6-19(14-39)15-48-38)13-24-22-5-4-20-12-21(7-9-36(20,2)23(22)8-10-37(24,28)3)49-35-33(45)31(43)30(42)27(50-35)17-47-34-32(44)29(41)25(40)16-46-34/h4,18-19,21-35,39-45H,5-17H2,1-3H3. The maximum absolute atomic E-state index is 10.8. The summed E-state index contributed by atoms with van der Waals surface area (Å²) in [6.45, 7) is 7.51. The van der Waals surface area contributed by atoms with Gasteiger partial charge in [-0.05, 0) is 85.9 Å². The van der Waals surface area contributed by atoms with Gasteiger partial charge in [-0.3, -0.25) is 0 Å². The van der Waals surface area contributed by atoms with Gasteiger partial charge in [-0.25, -0.2) is 0 Å². The Hall–Kier alpha value is -0.780. The summed E-state index contributed by atoms with van der Waals surface area (Å²) in [4.78, 5) is 0. The van der Waals surface area contributed by atoms with E-state index in [-0.39, 0.29) is 48.8 Å². The summed E-state index contributed by atoms with van der Waals surface area (Å²) in [6.07, 6.45) is -1.14. The van der Waals surface area contributed by atoms with Crippen LogP contribution in [-0.2, 0) is 28.4 Å². The molecular weight excluding hydrogens is 664 g/mol. The van der Waals surface area contributed by atoms with Crippen LogP contribution in [0, 0.1) is 46.3 Å². The number of ether oxygens (including phenoxy) is 6. The highest BCUT2D eigenvalue weighted by atomic mass is 16.7. The first-order valence-corrected chi connectivity index (χ1v) is 19.5. The summed E-state index contributed by atoms with van der Waals surface area (Å²) in [5, 5.41) is 71.8. The Morgan fingerprint density at radius 2 is 1.65 bits per heavy atom. The van der Waals surface area contributed by atoms with Crippen LogP contribution in [0.2, 0.25) is 0 Å². The van der Waals surface area contributed by atoms with Gasteiger partial charge in [0.1, 0.15) is 42.7 Å². The Morgan fingerprint density at radius 1 is 0.863 bits per heavy atom. The molecule has 4 aliphatic carbocycles. The molecule has 0 radical (unpaired) electrons. The summed E-state index contributed by atoms with van der Waals surface area (Å²) in [7, 11) is 0. The topological polar surface area (TPSA) is 197 Å². The number of allylic oxidation sites excluding steroid dienone is 1. The average Bonchev–Trinajstić information content (AvgIpc) is 3.57. The molecule has 1 spiro atoms. The Bertz CT molecular complexity index is 1290. The number of hydrogen-bond donors (Lipinski definition) is 7. The zero-order valence-electron chi connectivity index (χ0n) is 30.2. The fourth-order valence-corrected chi connectivity index (χ4v) is 12.3. The van der Waals surface area contributed by atoms with E-state index >= 15 is 0 Å². The molecule has 3 saturated carbocycles. The van der Waals surface area contributed by atoms with Crippen molar-refractivity contribution in [3.05, 3.63) is 11.6 Å². The molecule has 0 amide bonds. The second-order valence-corrected chi connectivity index (χ2v) is 17.8. The Labute approximate surface area is 300 Å². The lowest BCUT2D eigenvalue weighted by molar-refractivity contribution is -0.328. The summed E-state index contributed by atoms with van der Waals surface area (Å²) >= 11 is 0. The van der Waals surface area contributed by atoms with Crippen LogP contribution in [0.25, 0.3) is 0 Å². The molecule has 0 aromatic rings. The lowest BCUT2D eigenvalue weighted by Gasteiger charge is -2.58. The highest BCUT2D eigenvalue weighted by Crippen LogP contribution is 2.70. The zero-order valence-corrected chi connectivity index (χ0v) is 30.2. The van der Waals surface area contributed by atoms with E-state index < -0.39 is 61.1 Å². The zero-order chi connectivity index (χ0) is 36.0. The molecule has 20 atom stereocenters. The quantitative estimate of drug-likeness (QED) is 0.192. The van der Waals surface area contributed by atoms with E-state index in [0.29, 0.717) is 42.6 Å². The van der Waals surface area contributed by atoms with Crippen molar-refractivity contribution in [2.75, 3.05) is 26.4 Å². The summed E-state index contributed by atoms with van der Waals surface area (Å²) in [6, 6.07) is 0. The lowest BCUT2D eigenvalue weighted by atomic mass is 9.47. The van der Waals surface area contributed by atoms with Crippen molar-refractivity contribution in [3.63, 3.8) is 0 Å². The van der Waals surface area contributed by atoms with Crippen LogP contribution in [0.4, 0.5) is 0 Å². The highest BCUT2D eigenvalue weighted by Gasteiger charge is 2.68. The molecule has 290 valence electrons. The van der Waals surface area contributed by atoms with Gasteiger partial charge in [0, 0.05) is 24.9 Å². The van der Waals surface area contributed by atoms with Gasteiger partial charge in [0.2, 0.25) is 0 Å². The molecule has 13 nitrogen and oxygen atoms in total. The normalized spacial score (nSPS) is 56.9. The number of hydrogen-bond acceptors (Lipinski definition) is 13. The van der Waals surface area contributed by atoms with Crippen LogP contribution in [0.5, 0.6) is 0 Å². The first kappa shape index (κ1) is 37.2. The van der Waals surface area contributed by atoms with Crippen LogP contribution in [0.1, 0.15) is 78.6 Å². The third-order valence-corrected chi connectivity index (χ3v) is 15.3. The molecule has 7 fully saturated rings. The van der Waals surface area contributed by atoms with Crippen LogP contribution in [0.15, 0.2) is 11.6 Å². The van der Waals surface area contributed by atoms with Crippen LogP contribution in [0.3, 0.4) is 0 Å². The van der Waals surface area contributed by atoms with Crippen molar-refractivity contribution < 1.29 is 64.2 Å². The molecule has 0 aromatic carbocycles. The number of fused-ring (bicyclic) bond motifs is 7. The molecule has 4 aliphatic heterocycles. The van der Waals surface area contributed by atoms with Gasteiger partial charge in [-0.15, -0.1) is 0 Å². The molecule has 8 aliphatic rings. The second kappa shape index (κ2) is 13.8. The predicted molar refractivity (Wildman–Crippen MR) is 178 cm³/mol. The average molecular weight is 725 g/mol. The molecule has 4 saturated heterocycles. The lowest BCUT2D eigenvalue weighted by Crippen LogP contribution is -2.61. The smallest absolute Gasteiger partial charge is 0.186 e. The molecule has 13 heteroatoms. The fourth-order valence-electron chi connectivity index (χ4n) is 12.3. The summed E-state index contributed by atoms with van der Waals surface area (Å²) in [5.41, 5.74) is 1.66. The van der Waals surface area contributed by atoms with E-state index in [1.807, 2.05) is 0 Å². The number of rotatable bonds is 6. The van der Waals surface area contributed by atoms with E-state index in [1.54, 1.807) is 0 Å². The van der Waals surface area contributed by atoms with Gasteiger partial charge in [0.05, 0.1) is 32.0 Å². The van der Waals surface area contributed by atoms with Crippen molar-refractivity contribution in [1.82, 2.24) is 0 Å². The third-order valence-electron chi connectivity index (χ3n) is 15.3. The van der Waals surface area contributed by atoms with E-state index in [4.69, 9.17) is 28.4 Å². The monoisotopic (exact) mass is 724 g/mol. The second-order valence-electron chi connectivity index (χ2n) is 17.8. The first-order valence-electron chi connectivity index (χ1n) is 19.5. The minimum atomic E-state index is -1.54. The van der Waals surface area contributed by atoms with Crippen LogP contribution in [-0.4, -0.2) is 135 Å². The largest absolute Gasteiger partial charge is 0.396 e. The molecule has 8 rings (SSSR count). The van der Waals surface area contributed by atoms with Crippen molar-refractivity contribution >= 4 is 0 Å². The molecule has 4 heterocycles. The van der Waals surface area contributed by atoms with Gasteiger partial charge in [0.25, 0.3) is 0 Å². The van der Waals surface area contributed by atoms with E-state index in [9.17, 15) is 35.7 Å². The maximum Gasteiger partial charge on any atom is 0.186 e. The van der Waals surface area contributed by atoms with Crippen LogP contribution >= 0.6 is 0 Å². The molecule has 7 N–H and O–H groups in total. The predicted octanol–water partition coefficient (Wildman–Crippen LogP) is 0.974. The molecule has 51 heavy (non-hydrogen) atoms. The molecular formula is C38H60O13. The van der Waals surface area contributed by atoms with Gasteiger partial charge in [-0.1, -0.05) is 32.4 Å². The van der Waals surface area contributed by atoms with E-state index in [1.165, 1.54) is 18.4 Å². The van der Waals surface area contributed by atoms with Crippen molar-refractivity contribution in [2.45, 2.75) is 152 Å². The van der Waals surface area contributed by atoms with Gasteiger partial charge in [-0.2, -0.15) is 0 Å². The Kier molecular flexibility index (Phi) is 10.0. The molecule has 0 aromatic heterocycles.